The first-order valence-corrected chi connectivity index (χ1v) is 19.6. The van der Waals surface area contributed by atoms with Crippen molar-refractivity contribution in [2.24, 2.45) is 5.92 Å². The zero-order valence-corrected chi connectivity index (χ0v) is 33.3. The third kappa shape index (κ3) is 15.2. The average Bonchev–Trinajstić information content (AvgIpc) is 4.01. The quantitative estimate of drug-likeness (QED) is 0.0573. The third-order valence-corrected chi connectivity index (χ3v) is 9.52. The highest BCUT2D eigenvalue weighted by Crippen LogP contribution is 2.28. The number of benzene rings is 4. The standard InChI is InChI=1S/C28H26O4.C16H18O4.C5H10/c1-19(2)27(29)31-17-21-5-9-23(10-6-21)25-13-15-26(16-14-25)24-11-7-22(8-12-24)18-32-28(30)20(3)4;1-2-15(17)19-11-12-7-9-14(10-8-12)20-16(18)13-5-3-4-6-13;1-2-4-5-3-1/h5-16H,1,3,17-18H2,2,4H3;2,7-10,13H,1,3-6,11H2;1-5H2. The summed E-state index contributed by atoms with van der Waals surface area (Å²) in [5.41, 5.74) is 7.83. The third-order valence-electron chi connectivity index (χ3n) is 9.52. The van der Waals surface area contributed by atoms with Crippen molar-refractivity contribution in [3.63, 3.8) is 0 Å². The normalized spacial score (nSPS) is 13.1. The first kappa shape index (κ1) is 43.7. The summed E-state index contributed by atoms with van der Waals surface area (Å²) in [6.45, 7) is 14.4. The molecule has 4 aromatic carbocycles. The van der Waals surface area contributed by atoms with Gasteiger partial charge in [0.1, 0.15) is 25.6 Å². The van der Waals surface area contributed by atoms with E-state index in [1.807, 2.05) is 48.5 Å². The average molecular weight is 771 g/mol. The fourth-order valence-corrected chi connectivity index (χ4v) is 6.10. The van der Waals surface area contributed by atoms with Crippen LogP contribution in [0.5, 0.6) is 5.75 Å². The van der Waals surface area contributed by atoms with Gasteiger partial charge in [0.2, 0.25) is 0 Å². The molecule has 2 aliphatic rings. The van der Waals surface area contributed by atoms with E-state index in [0.717, 1.165) is 70.7 Å². The van der Waals surface area contributed by atoms with Gasteiger partial charge in [0.25, 0.3) is 0 Å². The number of esters is 4. The Labute approximate surface area is 337 Å². The topological polar surface area (TPSA) is 105 Å². The van der Waals surface area contributed by atoms with Crippen LogP contribution in [0.1, 0.15) is 88.3 Å². The predicted octanol–water partition coefficient (Wildman–Crippen LogP) is 11.2. The first-order chi connectivity index (χ1) is 27.5. The van der Waals surface area contributed by atoms with Crippen molar-refractivity contribution in [3.05, 3.63) is 151 Å². The van der Waals surface area contributed by atoms with Crippen LogP contribution in [-0.4, -0.2) is 23.9 Å². The molecule has 2 fully saturated rings. The molecule has 8 nitrogen and oxygen atoms in total. The van der Waals surface area contributed by atoms with E-state index in [0.29, 0.717) is 16.9 Å². The molecule has 4 aromatic rings. The van der Waals surface area contributed by atoms with Crippen molar-refractivity contribution >= 4 is 23.9 Å². The molecule has 0 atom stereocenters. The Bertz CT molecular complexity index is 1850. The molecule has 298 valence electrons. The lowest BCUT2D eigenvalue weighted by Crippen LogP contribution is -2.17. The summed E-state index contributed by atoms with van der Waals surface area (Å²) in [6, 6.07) is 31.1. The van der Waals surface area contributed by atoms with Gasteiger partial charge in [-0.15, -0.1) is 0 Å². The van der Waals surface area contributed by atoms with E-state index < -0.39 is 5.97 Å². The molecule has 0 aliphatic heterocycles. The highest BCUT2D eigenvalue weighted by molar-refractivity contribution is 5.87. The Morgan fingerprint density at radius 2 is 0.860 bits per heavy atom. The summed E-state index contributed by atoms with van der Waals surface area (Å²) in [6.07, 6.45) is 12.7. The minimum Gasteiger partial charge on any atom is -0.458 e. The Morgan fingerprint density at radius 3 is 1.21 bits per heavy atom. The fraction of sp³-hybridized carbons (Fsp3) is 0.306. The molecule has 0 spiro atoms. The van der Waals surface area contributed by atoms with Crippen LogP contribution in [0, 0.1) is 5.92 Å². The van der Waals surface area contributed by atoms with Gasteiger partial charge in [0.05, 0.1) is 5.92 Å². The number of rotatable bonds is 13. The van der Waals surface area contributed by atoms with Crippen LogP contribution in [0.25, 0.3) is 22.3 Å². The van der Waals surface area contributed by atoms with Gasteiger partial charge >= 0.3 is 23.9 Å². The van der Waals surface area contributed by atoms with Crippen LogP contribution in [0.2, 0.25) is 0 Å². The highest BCUT2D eigenvalue weighted by atomic mass is 16.5. The lowest BCUT2D eigenvalue weighted by atomic mass is 9.99. The van der Waals surface area contributed by atoms with E-state index in [1.165, 1.54) is 32.1 Å². The molecule has 0 heterocycles. The monoisotopic (exact) mass is 770 g/mol. The molecule has 8 heteroatoms. The van der Waals surface area contributed by atoms with Gasteiger partial charge in [0.15, 0.2) is 0 Å². The molecule has 0 bridgehead atoms. The van der Waals surface area contributed by atoms with Crippen LogP contribution in [0.3, 0.4) is 0 Å². The maximum atomic E-state index is 11.9. The summed E-state index contributed by atoms with van der Waals surface area (Å²) in [5, 5.41) is 0. The summed E-state index contributed by atoms with van der Waals surface area (Å²) in [7, 11) is 0. The minimum absolute atomic E-state index is 0.0447. The number of hydrogen-bond donors (Lipinski definition) is 0. The van der Waals surface area contributed by atoms with Crippen LogP contribution >= 0.6 is 0 Å². The fourth-order valence-electron chi connectivity index (χ4n) is 6.10. The predicted molar refractivity (Wildman–Crippen MR) is 224 cm³/mol. The van der Waals surface area contributed by atoms with Crippen molar-refractivity contribution in [3.8, 4) is 28.0 Å². The molecule has 0 amide bonds. The molecule has 0 radical (unpaired) electrons. The van der Waals surface area contributed by atoms with Crippen LogP contribution in [0.4, 0.5) is 0 Å². The van der Waals surface area contributed by atoms with Crippen LogP contribution in [0.15, 0.2) is 134 Å². The zero-order chi connectivity index (χ0) is 41.0. The Balaban J connectivity index is 0.000000243. The molecule has 0 saturated heterocycles. The first-order valence-electron chi connectivity index (χ1n) is 19.6. The number of ether oxygens (including phenoxy) is 4. The van der Waals surface area contributed by atoms with Gasteiger partial charge in [-0.1, -0.05) is 150 Å². The molecule has 6 rings (SSSR count). The van der Waals surface area contributed by atoms with Gasteiger partial charge in [-0.05, 0) is 77.8 Å². The summed E-state index contributed by atoms with van der Waals surface area (Å²) >= 11 is 0. The number of carbonyl (C=O) groups excluding carboxylic acids is 4. The van der Waals surface area contributed by atoms with Crippen molar-refractivity contribution in [1.82, 2.24) is 0 Å². The largest absolute Gasteiger partial charge is 0.458 e. The maximum absolute atomic E-state index is 11.9. The van der Waals surface area contributed by atoms with Gasteiger partial charge in [0, 0.05) is 17.2 Å². The summed E-state index contributed by atoms with van der Waals surface area (Å²) < 4.78 is 20.6. The SMILES string of the molecule is C1CCCC1.C=C(C)C(=O)OCc1ccc(-c2ccc(-c3ccc(COC(=O)C(=C)C)cc3)cc2)cc1.C=CC(=O)OCc1ccc(OC(=O)C2CCCC2)cc1. The molecule has 57 heavy (non-hydrogen) atoms. The van der Waals surface area contributed by atoms with E-state index in [1.54, 1.807) is 38.1 Å². The van der Waals surface area contributed by atoms with Gasteiger partial charge in [-0.2, -0.15) is 0 Å². The second-order valence-corrected chi connectivity index (χ2v) is 14.3. The van der Waals surface area contributed by atoms with Crippen LogP contribution in [-0.2, 0) is 53.2 Å². The summed E-state index contributed by atoms with van der Waals surface area (Å²) in [5.74, 6) is -0.796. The number of carbonyl (C=O) groups is 4. The molecular weight excluding hydrogens is 717 g/mol. The van der Waals surface area contributed by atoms with Gasteiger partial charge < -0.3 is 18.9 Å². The molecule has 0 aromatic heterocycles. The van der Waals surface area contributed by atoms with E-state index >= 15 is 0 Å². The van der Waals surface area contributed by atoms with Gasteiger partial charge in [-0.3, -0.25) is 4.79 Å². The second-order valence-electron chi connectivity index (χ2n) is 14.3. The Kier molecular flexibility index (Phi) is 17.7. The van der Waals surface area contributed by atoms with Crippen molar-refractivity contribution in [2.75, 3.05) is 0 Å². The van der Waals surface area contributed by atoms with Crippen molar-refractivity contribution in [1.29, 1.82) is 0 Å². The molecule has 2 saturated carbocycles. The van der Waals surface area contributed by atoms with Gasteiger partial charge in [-0.25, -0.2) is 14.4 Å². The maximum Gasteiger partial charge on any atom is 0.333 e. The Morgan fingerprint density at radius 1 is 0.526 bits per heavy atom. The van der Waals surface area contributed by atoms with E-state index in [4.69, 9.17) is 18.9 Å². The van der Waals surface area contributed by atoms with Crippen molar-refractivity contribution < 1.29 is 38.1 Å². The lowest BCUT2D eigenvalue weighted by molar-refractivity contribution is -0.141. The van der Waals surface area contributed by atoms with Crippen molar-refractivity contribution in [2.45, 2.75) is 91.5 Å². The van der Waals surface area contributed by atoms with E-state index in [9.17, 15) is 19.2 Å². The smallest absolute Gasteiger partial charge is 0.333 e. The molecule has 2 aliphatic carbocycles. The van der Waals surface area contributed by atoms with Crippen LogP contribution < -0.4 is 4.74 Å². The minimum atomic E-state index is -0.457. The summed E-state index contributed by atoms with van der Waals surface area (Å²) in [4.78, 5) is 45.8. The zero-order valence-electron chi connectivity index (χ0n) is 33.3. The highest BCUT2D eigenvalue weighted by Gasteiger charge is 2.24. The number of hydrogen-bond acceptors (Lipinski definition) is 8. The lowest BCUT2D eigenvalue weighted by Gasteiger charge is -2.09. The van der Waals surface area contributed by atoms with E-state index in [2.05, 4.69) is 44.0 Å². The molecular formula is C49H54O8. The molecule has 0 unspecified atom stereocenters. The molecule has 0 N–H and O–H groups in total. The Hall–Kier alpha value is -6.02. The van der Waals surface area contributed by atoms with E-state index in [-0.39, 0.29) is 43.6 Å². The second kappa shape index (κ2) is 23.1.